The van der Waals surface area contributed by atoms with E-state index in [-0.39, 0.29) is 34.6 Å². The number of anilines is 1. The van der Waals surface area contributed by atoms with Crippen molar-refractivity contribution in [2.45, 2.75) is 25.4 Å². The van der Waals surface area contributed by atoms with E-state index in [1.165, 1.54) is 23.8 Å². The normalized spacial score (nSPS) is 16.7. The topological polar surface area (TPSA) is 81.7 Å². The minimum atomic E-state index is -0.872. The highest BCUT2D eigenvalue weighted by atomic mass is 19.1. The maximum Gasteiger partial charge on any atom is 0.255 e. The molecule has 2 atom stereocenters. The molecule has 1 heterocycles. The average molecular weight is 466 g/mol. The molecule has 8 heteroatoms. The molecule has 2 amide bonds. The number of carbonyl (C=O) groups excluding carboxylic acids is 2. The first kappa shape index (κ1) is 23.4. The van der Waals surface area contributed by atoms with Gasteiger partial charge in [-0.15, -0.1) is 0 Å². The van der Waals surface area contributed by atoms with Crippen LogP contribution in [0.4, 0.5) is 14.5 Å². The third-order valence-electron chi connectivity index (χ3n) is 6.01. The van der Waals surface area contributed by atoms with Crippen LogP contribution in [0.2, 0.25) is 0 Å². The quantitative estimate of drug-likeness (QED) is 0.501. The number of aromatic hydroxyl groups is 1. The maximum absolute atomic E-state index is 13.3. The predicted octanol–water partition coefficient (Wildman–Crippen LogP) is 4.49. The molecule has 34 heavy (non-hydrogen) atoms. The lowest BCUT2D eigenvalue weighted by Gasteiger charge is -2.24. The molecule has 0 aliphatic carbocycles. The van der Waals surface area contributed by atoms with Gasteiger partial charge in [0.25, 0.3) is 11.8 Å². The minimum absolute atomic E-state index is 0.0553. The molecule has 4 rings (SSSR count). The number of carbonyl (C=O) groups is 2. The highest BCUT2D eigenvalue weighted by Crippen LogP contribution is 2.26. The highest BCUT2D eigenvalue weighted by Gasteiger charge is 2.28. The Balaban J connectivity index is 1.36. The van der Waals surface area contributed by atoms with Crippen LogP contribution in [0.25, 0.3) is 0 Å². The van der Waals surface area contributed by atoms with Crippen LogP contribution in [0, 0.1) is 11.6 Å². The van der Waals surface area contributed by atoms with Crippen LogP contribution in [0.15, 0.2) is 66.7 Å². The van der Waals surface area contributed by atoms with Gasteiger partial charge in [-0.1, -0.05) is 30.3 Å². The molecule has 3 aromatic carbocycles. The van der Waals surface area contributed by atoms with Crippen LogP contribution in [-0.4, -0.2) is 41.0 Å². The largest absolute Gasteiger partial charge is 0.507 e. The van der Waals surface area contributed by atoms with Crippen LogP contribution in [-0.2, 0) is 0 Å². The van der Waals surface area contributed by atoms with E-state index < -0.39 is 23.4 Å². The van der Waals surface area contributed by atoms with E-state index in [0.717, 1.165) is 25.1 Å². The summed E-state index contributed by atoms with van der Waals surface area (Å²) in [4.78, 5) is 27.3. The van der Waals surface area contributed by atoms with E-state index in [2.05, 4.69) is 34.6 Å². The van der Waals surface area contributed by atoms with Crippen molar-refractivity contribution in [1.29, 1.82) is 0 Å². The summed E-state index contributed by atoms with van der Waals surface area (Å²) in [7, 11) is 0. The van der Waals surface area contributed by atoms with Gasteiger partial charge >= 0.3 is 0 Å². The second kappa shape index (κ2) is 10.0. The van der Waals surface area contributed by atoms with Crippen LogP contribution < -0.4 is 10.6 Å². The van der Waals surface area contributed by atoms with Gasteiger partial charge in [0, 0.05) is 48.6 Å². The molecule has 3 aromatic rings. The van der Waals surface area contributed by atoms with Crippen molar-refractivity contribution in [3.05, 3.63) is 95.1 Å². The van der Waals surface area contributed by atoms with E-state index in [9.17, 15) is 23.5 Å². The molecule has 0 spiro atoms. The van der Waals surface area contributed by atoms with Gasteiger partial charge in [0.2, 0.25) is 0 Å². The van der Waals surface area contributed by atoms with Crippen molar-refractivity contribution < 1.29 is 23.5 Å². The molecule has 0 aromatic heterocycles. The lowest BCUT2D eigenvalue weighted by molar-refractivity contribution is 0.0933. The number of rotatable bonds is 6. The first-order valence-corrected chi connectivity index (χ1v) is 11.0. The minimum Gasteiger partial charge on any atom is -0.507 e. The van der Waals surface area contributed by atoms with E-state index in [0.29, 0.717) is 12.6 Å². The summed E-state index contributed by atoms with van der Waals surface area (Å²) in [6, 6.07) is 16.9. The van der Waals surface area contributed by atoms with E-state index in [1.807, 2.05) is 18.2 Å². The Hall–Kier alpha value is -3.78. The van der Waals surface area contributed by atoms with Gasteiger partial charge in [0.15, 0.2) is 0 Å². The number of phenols is 1. The predicted molar refractivity (Wildman–Crippen MR) is 125 cm³/mol. The van der Waals surface area contributed by atoms with Crippen LogP contribution >= 0.6 is 0 Å². The Morgan fingerprint density at radius 1 is 1.00 bits per heavy atom. The van der Waals surface area contributed by atoms with Crippen molar-refractivity contribution in [3.63, 3.8) is 0 Å². The fraction of sp³-hybridized carbons (Fsp3) is 0.231. The third kappa shape index (κ3) is 5.40. The molecule has 176 valence electrons. The Kier molecular flexibility index (Phi) is 6.88. The first-order valence-electron chi connectivity index (χ1n) is 11.0. The summed E-state index contributed by atoms with van der Waals surface area (Å²) in [6.45, 7) is 3.68. The number of benzene rings is 3. The summed E-state index contributed by atoms with van der Waals surface area (Å²) in [6.07, 6.45) is 0.794. The smallest absolute Gasteiger partial charge is 0.255 e. The molecular formula is C26H25F2N3O3. The number of nitrogens with zero attached hydrogens (tertiary/aromatic N) is 1. The van der Waals surface area contributed by atoms with Crippen LogP contribution in [0.3, 0.4) is 0 Å². The van der Waals surface area contributed by atoms with Gasteiger partial charge in [-0.2, -0.15) is 0 Å². The summed E-state index contributed by atoms with van der Waals surface area (Å²) in [5.41, 5.74) is 1.27. The van der Waals surface area contributed by atoms with Gasteiger partial charge in [-0.25, -0.2) is 8.78 Å². The second-order valence-corrected chi connectivity index (χ2v) is 8.38. The molecule has 1 saturated heterocycles. The number of phenolic OH excluding ortho intramolecular Hbond substituents is 1. The van der Waals surface area contributed by atoms with Crippen molar-refractivity contribution in [3.8, 4) is 5.75 Å². The highest BCUT2D eigenvalue weighted by molar-refractivity contribution is 6.05. The fourth-order valence-corrected chi connectivity index (χ4v) is 4.15. The van der Waals surface area contributed by atoms with Gasteiger partial charge in [0.05, 0.1) is 5.56 Å². The zero-order chi connectivity index (χ0) is 24.2. The molecule has 0 bridgehead atoms. The molecule has 1 aliphatic heterocycles. The number of halogens is 2. The van der Waals surface area contributed by atoms with E-state index >= 15 is 0 Å². The summed E-state index contributed by atoms with van der Waals surface area (Å²) in [5, 5.41) is 15.8. The van der Waals surface area contributed by atoms with Crippen molar-refractivity contribution in [2.24, 2.45) is 0 Å². The molecule has 0 saturated carbocycles. The van der Waals surface area contributed by atoms with Gasteiger partial charge in [-0.05, 0) is 43.2 Å². The summed E-state index contributed by atoms with van der Waals surface area (Å²) < 4.78 is 26.7. The molecule has 6 nitrogen and oxygen atoms in total. The SMILES string of the molecule is CC(c1ccccc1)N1CCC(NC(=O)c2ccc(NC(=O)c3cc(F)cc(F)c3)cc2O)C1. The number of amides is 2. The molecule has 1 fully saturated rings. The van der Waals surface area contributed by atoms with Gasteiger partial charge in [-0.3, -0.25) is 14.5 Å². The Morgan fingerprint density at radius 3 is 2.38 bits per heavy atom. The molecule has 3 N–H and O–H groups in total. The van der Waals surface area contributed by atoms with Crippen LogP contribution in [0.1, 0.15) is 45.7 Å². The number of nitrogens with one attached hydrogen (secondary N) is 2. The van der Waals surface area contributed by atoms with Gasteiger partial charge in [0.1, 0.15) is 17.4 Å². The fourth-order valence-electron chi connectivity index (χ4n) is 4.15. The third-order valence-corrected chi connectivity index (χ3v) is 6.01. The average Bonchev–Trinajstić information content (AvgIpc) is 3.27. The molecule has 1 aliphatic rings. The van der Waals surface area contributed by atoms with E-state index in [1.54, 1.807) is 0 Å². The summed E-state index contributed by atoms with van der Waals surface area (Å²) in [5.74, 6) is -3.21. The lowest BCUT2D eigenvalue weighted by atomic mass is 10.1. The number of likely N-dealkylation sites (tertiary alicyclic amines) is 1. The molecule has 2 unspecified atom stereocenters. The van der Waals surface area contributed by atoms with Crippen molar-refractivity contribution in [1.82, 2.24) is 10.2 Å². The Morgan fingerprint density at radius 2 is 1.71 bits per heavy atom. The van der Waals surface area contributed by atoms with Crippen molar-refractivity contribution >= 4 is 17.5 Å². The lowest BCUT2D eigenvalue weighted by Crippen LogP contribution is -2.37. The van der Waals surface area contributed by atoms with Crippen LogP contribution in [0.5, 0.6) is 5.75 Å². The van der Waals surface area contributed by atoms with Crippen molar-refractivity contribution in [2.75, 3.05) is 18.4 Å². The second-order valence-electron chi connectivity index (χ2n) is 8.38. The number of hydrogen-bond donors (Lipinski definition) is 3. The zero-order valence-corrected chi connectivity index (χ0v) is 18.6. The maximum atomic E-state index is 13.3. The number of hydrogen-bond acceptors (Lipinski definition) is 4. The summed E-state index contributed by atoms with van der Waals surface area (Å²) >= 11 is 0. The Labute approximate surface area is 196 Å². The standard InChI is InChI=1S/C26H25F2N3O3/c1-16(17-5-3-2-4-6-17)31-10-9-22(15-31)30-26(34)23-8-7-21(14-24(23)32)29-25(33)18-11-19(27)13-20(28)12-18/h2-8,11-14,16,22,32H,9-10,15H2,1H3,(H,29,33)(H,30,34). The monoisotopic (exact) mass is 465 g/mol. The first-order chi connectivity index (χ1) is 16.3. The Bertz CT molecular complexity index is 1180. The zero-order valence-electron chi connectivity index (χ0n) is 18.6. The van der Waals surface area contributed by atoms with Gasteiger partial charge < -0.3 is 15.7 Å². The molecule has 0 radical (unpaired) electrons. The molecular weight excluding hydrogens is 440 g/mol. The van der Waals surface area contributed by atoms with E-state index in [4.69, 9.17) is 0 Å².